The summed E-state index contributed by atoms with van der Waals surface area (Å²) in [5.74, 6) is 3.92. The van der Waals surface area contributed by atoms with Gasteiger partial charge in [0.25, 0.3) is 0 Å². The van der Waals surface area contributed by atoms with E-state index in [2.05, 4.69) is 48.5 Å². The van der Waals surface area contributed by atoms with Crippen molar-refractivity contribution in [3.63, 3.8) is 0 Å². The molecular formula is C29H50O. The standard InChI is InChI=1S/C29H50O/c1-19-20-11-17-28(6)23(26(20,4)16-12-21(19)30)9-10-24-27(5)15-8-14-25(2,3)22(27)13-18-29(24,28)7/h19-24,30H,8-18H2,1-7H3/t19-,20-,21-,22-,23+,24+,26-,27-,28+,29+/m0/s1. The van der Waals surface area contributed by atoms with Crippen LogP contribution in [-0.2, 0) is 0 Å². The Balaban J connectivity index is 1.53. The van der Waals surface area contributed by atoms with Crippen LogP contribution in [0.4, 0.5) is 0 Å². The fourth-order valence-corrected chi connectivity index (χ4v) is 11.8. The molecule has 5 fully saturated rings. The average Bonchev–Trinajstić information content (AvgIpc) is 2.65. The average molecular weight is 415 g/mol. The fourth-order valence-electron chi connectivity index (χ4n) is 11.8. The van der Waals surface area contributed by atoms with Gasteiger partial charge in [-0.25, -0.2) is 0 Å². The minimum absolute atomic E-state index is 0.0572. The molecule has 1 N–H and O–H groups in total. The van der Waals surface area contributed by atoms with Gasteiger partial charge in [0.15, 0.2) is 0 Å². The third-order valence-corrected chi connectivity index (χ3v) is 13.4. The maximum absolute atomic E-state index is 10.6. The molecule has 0 spiro atoms. The highest BCUT2D eigenvalue weighted by Crippen LogP contribution is 2.77. The molecule has 10 atom stereocenters. The van der Waals surface area contributed by atoms with E-state index in [0.717, 1.165) is 30.1 Å². The lowest BCUT2D eigenvalue weighted by atomic mass is 9.31. The van der Waals surface area contributed by atoms with Crippen molar-refractivity contribution in [3.05, 3.63) is 0 Å². The summed E-state index contributed by atoms with van der Waals surface area (Å²) in [7, 11) is 0. The number of hydrogen-bond donors (Lipinski definition) is 1. The van der Waals surface area contributed by atoms with E-state index in [-0.39, 0.29) is 6.10 Å². The van der Waals surface area contributed by atoms with Gasteiger partial charge in [-0.3, -0.25) is 0 Å². The largest absolute Gasteiger partial charge is 0.393 e. The van der Waals surface area contributed by atoms with Gasteiger partial charge in [0.1, 0.15) is 0 Å². The maximum Gasteiger partial charge on any atom is 0.0568 e. The number of hydrogen-bond acceptors (Lipinski definition) is 1. The second-order valence-electron chi connectivity index (χ2n) is 14.6. The van der Waals surface area contributed by atoms with Crippen LogP contribution in [0.15, 0.2) is 0 Å². The number of aliphatic hydroxyl groups excluding tert-OH is 1. The van der Waals surface area contributed by atoms with Crippen LogP contribution in [0, 0.1) is 56.7 Å². The molecule has 0 amide bonds. The number of fused-ring (bicyclic) bond motifs is 7. The van der Waals surface area contributed by atoms with Gasteiger partial charge in [-0.15, -0.1) is 0 Å². The van der Waals surface area contributed by atoms with Crippen LogP contribution < -0.4 is 0 Å². The predicted molar refractivity (Wildman–Crippen MR) is 126 cm³/mol. The molecule has 0 bridgehead atoms. The Morgan fingerprint density at radius 2 is 1.20 bits per heavy atom. The maximum atomic E-state index is 10.6. The molecular weight excluding hydrogens is 364 g/mol. The van der Waals surface area contributed by atoms with Gasteiger partial charge >= 0.3 is 0 Å². The van der Waals surface area contributed by atoms with Gasteiger partial charge in [0.2, 0.25) is 0 Å². The summed E-state index contributed by atoms with van der Waals surface area (Å²) in [6.07, 6.45) is 15.2. The molecule has 0 saturated heterocycles. The first kappa shape index (κ1) is 21.8. The first-order chi connectivity index (χ1) is 13.9. The number of aliphatic hydroxyl groups is 1. The second kappa shape index (κ2) is 6.51. The predicted octanol–water partition coefficient (Wildman–Crippen LogP) is 7.86. The van der Waals surface area contributed by atoms with Crippen molar-refractivity contribution >= 4 is 0 Å². The Hall–Kier alpha value is -0.0400. The zero-order valence-corrected chi connectivity index (χ0v) is 21.2. The van der Waals surface area contributed by atoms with Gasteiger partial charge in [-0.05, 0) is 121 Å². The summed E-state index contributed by atoms with van der Waals surface area (Å²) in [6, 6.07) is 0. The lowest BCUT2D eigenvalue weighted by Gasteiger charge is -2.74. The van der Waals surface area contributed by atoms with Crippen LogP contribution in [0.5, 0.6) is 0 Å². The first-order valence-electron chi connectivity index (χ1n) is 13.6. The molecule has 5 rings (SSSR count). The van der Waals surface area contributed by atoms with E-state index >= 15 is 0 Å². The normalized spacial score (nSPS) is 60.0. The van der Waals surface area contributed by atoms with E-state index in [4.69, 9.17) is 0 Å². The zero-order chi connectivity index (χ0) is 21.7. The molecule has 0 aromatic rings. The summed E-state index contributed by atoms with van der Waals surface area (Å²) >= 11 is 0. The molecule has 172 valence electrons. The smallest absolute Gasteiger partial charge is 0.0568 e. The molecule has 0 heterocycles. The van der Waals surface area contributed by atoms with Crippen molar-refractivity contribution in [2.45, 2.75) is 125 Å². The fraction of sp³-hybridized carbons (Fsp3) is 1.00. The molecule has 5 aliphatic rings. The van der Waals surface area contributed by atoms with Crippen LogP contribution in [0.25, 0.3) is 0 Å². The molecule has 0 unspecified atom stereocenters. The summed E-state index contributed by atoms with van der Waals surface area (Å²) in [4.78, 5) is 0. The van der Waals surface area contributed by atoms with Crippen molar-refractivity contribution in [1.29, 1.82) is 0 Å². The van der Waals surface area contributed by atoms with Crippen molar-refractivity contribution in [2.24, 2.45) is 56.7 Å². The minimum atomic E-state index is -0.0572. The Bertz CT molecular complexity index is 696. The van der Waals surface area contributed by atoms with Gasteiger partial charge in [0.05, 0.1) is 6.10 Å². The SMILES string of the molecule is C[C@@H]1[C@@H](O)CC[C@]2(C)[C@H]3CC[C@@H]4[C@@]5(C)CCCC(C)(C)[C@@H]5CC[C@@]4(C)[C@]3(C)CC[C@@H]12. The zero-order valence-electron chi connectivity index (χ0n) is 21.2. The minimum Gasteiger partial charge on any atom is -0.393 e. The van der Waals surface area contributed by atoms with E-state index in [1.807, 2.05) is 0 Å². The molecule has 5 saturated carbocycles. The van der Waals surface area contributed by atoms with Crippen LogP contribution >= 0.6 is 0 Å². The van der Waals surface area contributed by atoms with E-state index in [1.165, 1.54) is 64.2 Å². The van der Waals surface area contributed by atoms with E-state index in [1.54, 1.807) is 0 Å². The Labute approximate surface area is 187 Å². The van der Waals surface area contributed by atoms with Crippen LogP contribution in [-0.4, -0.2) is 11.2 Å². The summed E-state index contributed by atoms with van der Waals surface area (Å²) < 4.78 is 0. The van der Waals surface area contributed by atoms with E-state index < -0.39 is 0 Å². The first-order valence-corrected chi connectivity index (χ1v) is 13.6. The third-order valence-electron chi connectivity index (χ3n) is 13.4. The lowest BCUT2D eigenvalue weighted by Crippen LogP contribution is -2.67. The highest BCUT2D eigenvalue weighted by molar-refractivity contribution is 5.18. The van der Waals surface area contributed by atoms with E-state index in [9.17, 15) is 5.11 Å². The summed E-state index contributed by atoms with van der Waals surface area (Å²) in [6.45, 7) is 18.4. The quantitative estimate of drug-likeness (QED) is 0.427. The van der Waals surface area contributed by atoms with Crippen LogP contribution in [0.1, 0.15) is 119 Å². The highest BCUT2D eigenvalue weighted by Gasteiger charge is 2.69. The summed E-state index contributed by atoms with van der Waals surface area (Å²) in [5.41, 5.74) is 2.52. The monoisotopic (exact) mass is 414 g/mol. The molecule has 30 heavy (non-hydrogen) atoms. The third kappa shape index (κ3) is 2.51. The molecule has 0 radical (unpaired) electrons. The Morgan fingerprint density at radius 3 is 1.87 bits per heavy atom. The topological polar surface area (TPSA) is 20.2 Å². The second-order valence-corrected chi connectivity index (χ2v) is 14.6. The molecule has 5 aliphatic carbocycles. The molecule has 0 aromatic carbocycles. The van der Waals surface area contributed by atoms with Crippen molar-refractivity contribution in [2.75, 3.05) is 0 Å². The van der Waals surface area contributed by atoms with Gasteiger partial charge in [0, 0.05) is 0 Å². The molecule has 0 aliphatic heterocycles. The Morgan fingerprint density at radius 1 is 0.600 bits per heavy atom. The lowest BCUT2D eigenvalue weighted by molar-refractivity contribution is -0.254. The van der Waals surface area contributed by atoms with Gasteiger partial charge in [-0.1, -0.05) is 54.9 Å². The summed E-state index contributed by atoms with van der Waals surface area (Å²) in [5, 5.41) is 10.6. The highest BCUT2D eigenvalue weighted by atomic mass is 16.3. The number of rotatable bonds is 0. The van der Waals surface area contributed by atoms with Crippen LogP contribution in [0.2, 0.25) is 0 Å². The van der Waals surface area contributed by atoms with Crippen LogP contribution in [0.3, 0.4) is 0 Å². The molecule has 1 nitrogen and oxygen atoms in total. The molecule has 0 aromatic heterocycles. The van der Waals surface area contributed by atoms with Gasteiger partial charge < -0.3 is 5.11 Å². The van der Waals surface area contributed by atoms with Crippen molar-refractivity contribution in [1.82, 2.24) is 0 Å². The Kier molecular flexibility index (Phi) is 4.73. The van der Waals surface area contributed by atoms with E-state index in [0.29, 0.717) is 33.0 Å². The molecule has 1 heteroatoms. The van der Waals surface area contributed by atoms with Crippen molar-refractivity contribution < 1.29 is 5.11 Å². The van der Waals surface area contributed by atoms with Crippen molar-refractivity contribution in [3.8, 4) is 0 Å². The van der Waals surface area contributed by atoms with Gasteiger partial charge in [-0.2, -0.15) is 0 Å².